The molecule has 0 rings (SSSR count). The molecule has 0 unspecified atom stereocenters. The first-order valence-corrected chi connectivity index (χ1v) is 6.62. The number of carbonyl (C=O) groups is 2. The highest BCUT2D eigenvalue weighted by atomic mass is 16.2. The van der Waals surface area contributed by atoms with Crippen molar-refractivity contribution in [3.63, 3.8) is 0 Å². The molecular formula is C13H30N2O2. The monoisotopic (exact) mass is 246 g/mol. The van der Waals surface area contributed by atoms with Gasteiger partial charge in [0.2, 0.25) is 11.8 Å². The molecule has 0 saturated heterocycles. The van der Waals surface area contributed by atoms with Crippen molar-refractivity contribution in [2.75, 3.05) is 6.54 Å². The summed E-state index contributed by atoms with van der Waals surface area (Å²) in [6.07, 6.45) is 5.06. The molecule has 0 aliphatic carbocycles. The Morgan fingerprint density at radius 2 is 1.53 bits per heavy atom. The lowest BCUT2D eigenvalue weighted by Gasteiger charge is -2.07. The molecule has 2 amide bonds. The third-order valence-electron chi connectivity index (χ3n) is 2.38. The Morgan fingerprint density at radius 3 is 2.00 bits per heavy atom. The lowest BCUT2D eigenvalue weighted by molar-refractivity contribution is -0.122. The molecule has 0 fully saturated rings. The maximum absolute atomic E-state index is 11.3. The summed E-state index contributed by atoms with van der Waals surface area (Å²) in [7, 11) is 0. The van der Waals surface area contributed by atoms with E-state index in [0.717, 1.165) is 25.7 Å². The van der Waals surface area contributed by atoms with Crippen LogP contribution in [0.3, 0.4) is 0 Å². The van der Waals surface area contributed by atoms with E-state index in [0.29, 0.717) is 19.4 Å². The normalized spacial score (nSPS) is 10.4. The van der Waals surface area contributed by atoms with Gasteiger partial charge in [-0.3, -0.25) is 9.59 Å². The Bertz CT molecular complexity index is 237. The molecule has 0 spiro atoms. The second kappa shape index (κ2) is 10.1. The predicted molar refractivity (Wildman–Crippen MR) is 73.9 cm³/mol. The van der Waals surface area contributed by atoms with Crippen molar-refractivity contribution in [1.29, 1.82) is 0 Å². The van der Waals surface area contributed by atoms with Crippen LogP contribution in [-0.4, -0.2) is 24.4 Å². The van der Waals surface area contributed by atoms with E-state index in [9.17, 15) is 9.59 Å². The first kappa shape index (κ1) is 15.9. The van der Waals surface area contributed by atoms with Gasteiger partial charge in [-0.15, -0.1) is 0 Å². The average Bonchev–Trinajstić information content (AvgIpc) is 2.22. The van der Waals surface area contributed by atoms with Gasteiger partial charge < -0.3 is 10.6 Å². The maximum atomic E-state index is 11.3. The van der Waals surface area contributed by atoms with E-state index in [-0.39, 0.29) is 20.7 Å². The van der Waals surface area contributed by atoms with Gasteiger partial charge in [0.15, 0.2) is 0 Å². The van der Waals surface area contributed by atoms with E-state index in [1.54, 1.807) is 0 Å². The van der Waals surface area contributed by atoms with E-state index in [4.69, 9.17) is 0 Å². The number of unbranched alkanes of at least 4 members (excludes halogenated alkanes) is 3. The van der Waals surface area contributed by atoms with Gasteiger partial charge >= 0.3 is 0 Å². The second-order valence-electron chi connectivity index (χ2n) is 4.59. The predicted octanol–water partition coefficient (Wildman–Crippen LogP) is 2.48. The number of carbonyl (C=O) groups excluding carboxylic acids is 2. The van der Waals surface area contributed by atoms with Gasteiger partial charge in [-0.2, -0.15) is 0 Å². The molecule has 0 atom stereocenters. The van der Waals surface area contributed by atoms with Crippen LogP contribution in [0.5, 0.6) is 0 Å². The summed E-state index contributed by atoms with van der Waals surface area (Å²) >= 11 is 0. The Morgan fingerprint density at radius 1 is 1.00 bits per heavy atom. The smallest absolute Gasteiger partial charge is 0.220 e. The van der Waals surface area contributed by atoms with Crippen molar-refractivity contribution < 1.29 is 12.4 Å². The summed E-state index contributed by atoms with van der Waals surface area (Å²) < 4.78 is 0. The number of rotatable bonds is 9. The summed E-state index contributed by atoms with van der Waals surface area (Å²) in [6.45, 7) is 6.55. The highest BCUT2D eigenvalue weighted by Gasteiger charge is 2.03. The summed E-state index contributed by atoms with van der Waals surface area (Å²) in [6, 6.07) is 0.222. The Labute approximate surface area is 108 Å². The summed E-state index contributed by atoms with van der Waals surface area (Å²) in [4.78, 5) is 22.4. The molecule has 0 aromatic rings. The molecule has 0 saturated carbocycles. The van der Waals surface area contributed by atoms with E-state index in [1.165, 1.54) is 0 Å². The minimum absolute atomic E-state index is 0. The molecule has 104 valence electrons. The zero-order valence-corrected chi connectivity index (χ0v) is 11.3. The van der Waals surface area contributed by atoms with Crippen molar-refractivity contribution >= 4 is 11.8 Å². The first-order valence-electron chi connectivity index (χ1n) is 6.62. The SMILES string of the molecule is CCNC(=O)CCCCCCC(=O)NC(C)C.[HH].[HH]. The average molecular weight is 246 g/mol. The molecule has 4 nitrogen and oxygen atoms in total. The first-order chi connectivity index (χ1) is 8.06. The van der Waals surface area contributed by atoms with Crippen LogP contribution in [0, 0.1) is 0 Å². The van der Waals surface area contributed by atoms with Crippen molar-refractivity contribution in [2.45, 2.75) is 65.3 Å². The number of amides is 2. The molecule has 0 radical (unpaired) electrons. The Hall–Kier alpha value is -1.06. The molecule has 0 aromatic carbocycles. The topological polar surface area (TPSA) is 58.2 Å². The van der Waals surface area contributed by atoms with Crippen LogP contribution in [0.25, 0.3) is 0 Å². The summed E-state index contributed by atoms with van der Waals surface area (Å²) in [5.41, 5.74) is 0. The second-order valence-corrected chi connectivity index (χ2v) is 4.59. The van der Waals surface area contributed by atoms with Gasteiger partial charge in [0.1, 0.15) is 0 Å². The number of hydrogen-bond donors (Lipinski definition) is 2. The Kier molecular flexibility index (Phi) is 9.49. The molecule has 0 bridgehead atoms. The number of hydrogen-bond acceptors (Lipinski definition) is 2. The fourth-order valence-electron chi connectivity index (χ4n) is 1.60. The van der Waals surface area contributed by atoms with Gasteiger partial charge in [0.05, 0.1) is 0 Å². The van der Waals surface area contributed by atoms with Crippen LogP contribution in [-0.2, 0) is 9.59 Å². The van der Waals surface area contributed by atoms with Crippen LogP contribution >= 0.6 is 0 Å². The zero-order chi connectivity index (χ0) is 13.1. The van der Waals surface area contributed by atoms with E-state index in [2.05, 4.69) is 10.6 Å². The van der Waals surface area contributed by atoms with Crippen LogP contribution < -0.4 is 10.6 Å². The quantitative estimate of drug-likeness (QED) is 0.614. The van der Waals surface area contributed by atoms with Gasteiger partial charge in [-0.1, -0.05) is 12.8 Å². The van der Waals surface area contributed by atoms with E-state index >= 15 is 0 Å². The molecule has 17 heavy (non-hydrogen) atoms. The fourth-order valence-corrected chi connectivity index (χ4v) is 1.60. The molecule has 0 heterocycles. The largest absolute Gasteiger partial charge is 0.356 e. The van der Waals surface area contributed by atoms with Crippen molar-refractivity contribution in [3.8, 4) is 0 Å². The van der Waals surface area contributed by atoms with E-state index < -0.39 is 0 Å². The summed E-state index contributed by atoms with van der Waals surface area (Å²) in [5.74, 6) is 0.258. The lowest BCUT2D eigenvalue weighted by Crippen LogP contribution is -2.29. The molecule has 0 aliphatic rings. The minimum Gasteiger partial charge on any atom is -0.356 e. The lowest BCUT2D eigenvalue weighted by atomic mass is 10.1. The molecule has 4 heteroatoms. The fraction of sp³-hybridized carbons (Fsp3) is 0.846. The van der Waals surface area contributed by atoms with Crippen LogP contribution in [0.1, 0.15) is 62.1 Å². The molecular weight excluding hydrogens is 216 g/mol. The third kappa shape index (κ3) is 11.2. The van der Waals surface area contributed by atoms with E-state index in [1.807, 2.05) is 20.8 Å². The summed E-state index contributed by atoms with van der Waals surface area (Å²) in [5, 5.41) is 5.64. The standard InChI is InChI=1S/C13H26N2O2.2H2/c1-4-14-12(16)9-7-5-6-8-10-13(17)15-11(2)3;;/h11H,4-10H2,1-3H3,(H,14,16)(H,15,17);2*1H. The zero-order valence-electron chi connectivity index (χ0n) is 11.3. The van der Waals surface area contributed by atoms with Crippen LogP contribution in [0.15, 0.2) is 0 Å². The minimum atomic E-state index is 0. The Balaban J connectivity index is -0.00000128. The molecule has 2 N–H and O–H groups in total. The molecule has 0 aliphatic heterocycles. The van der Waals surface area contributed by atoms with Crippen LogP contribution in [0.2, 0.25) is 0 Å². The molecule has 0 aromatic heterocycles. The van der Waals surface area contributed by atoms with Gasteiger partial charge in [0, 0.05) is 28.3 Å². The van der Waals surface area contributed by atoms with Gasteiger partial charge in [-0.25, -0.2) is 0 Å². The van der Waals surface area contributed by atoms with Gasteiger partial charge in [0.25, 0.3) is 0 Å². The van der Waals surface area contributed by atoms with Crippen molar-refractivity contribution in [3.05, 3.63) is 0 Å². The van der Waals surface area contributed by atoms with Crippen LogP contribution in [0.4, 0.5) is 0 Å². The highest BCUT2D eigenvalue weighted by Crippen LogP contribution is 2.05. The third-order valence-corrected chi connectivity index (χ3v) is 2.38. The maximum Gasteiger partial charge on any atom is 0.220 e. The number of nitrogens with one attached hydrogen (secondary N) is 2. The van der Waals surface area contributed by atoms with Crippen molar-refractivity contribution in [2.24, 2.45) is 0 Å². The van der Waals surface area contributed by atoms with Gasteiger partial charge in [-0.05, 0) is 33.6 Å². The van der Waals surface area contributed by atoms with Crippen molar-refractivity contribution in [1.82, 2.24) is 10.6 Å². The highest BCUT2D eigenvalue weighted by molar-refractivity contribution is 5.76.